The minimum atomic E-state index is -0.136. The Morgan fingerprint density at radius 2 is 1.81 bits per heavy atom. The van der Waals surface area contributed by atoms with Crippen LogP contribution in [0, 0.1) is 13.8 Å². The number of benzene rings is 1. The van der Waals surface area contributed by atoms with Crippen molar-refractivity contribution in [2.24, 2.45) is 0 Å². The largest absolute Gasteiger partial charge is 0.392 e. The zero-order valence-corrected chi connectivity index (χ0v) is 10.4. The highest BCUT2D eigenvalue weighted by Gasteiger charge is 2.24. The number of aliphatic hydroxyl groups excluding tert-OH is 1. The summed E-state index contributed by atoms with van der Waals surface area (Å²) in [5, 5.41) is 10.2. The van der Waals surface area contributed by atoms with E-state index in [-0.39, 0.29) is 6.10 Å². The molecule has 0 amide bonds. The molecule has 0 aromatic heterocycles. The quantitative estimate of drug-likeness (QED) is 0.712. The molecule has 2 rings (SSSR count). The molecule has 16 heavy (non-hydrogen) atoms. The first kappa shape index (κ1) is 11.7. The van der Waals surface area contributed by atoms with Gasteiger partial charge in [-0.25, -0.2) is 0 Å². The molecule has 1 heteroatoms. The zero-order valence-electron chi connectivity index (χ0n) is 10.4. The van der Waals surface area contributed by atoms with E-state index in [0.29, 0.717) is 5.92 Å². The van der Waals surface area contributed by atoms with E-state index in [1.165, 1.54) is 36.0 Å². The fourth-order valence-corrected chi connectivity index (χ4v) is 2.83. The van der Waals surface area contributed by atoms with Crippen molar-refractivity contribution in [1.82, 2.24) is 0 Å². The Morgan fingerprint density at radius 1 is 1.06 bits per heavy atom. The summed E-state index contributed by atoms with van der Waals surface area (Å²) in [6.07, 6.45) is 5.70. The molecule has 2 unspecified atom stereocenters. The summed E-state index contributed by atoms with van der Waals surface area (Å²) >= 11 is 0. The van der Waals surface area contributed by atoms with Crippen LogP contribution in [0.5, 0.6) is 0 Å². The van der Waals surface area contributed by atoms with Gasteiger partial charge < -0.3 is 5.11 Å². The molecule has 1 N–H and O–H groups in total. The van der Waals surface area contributed by atoms with Gasteiger partial charge in [-0.1, -0.05) is 37.5 Å². The van der Waals surface area contributed by atoms with Gasteiger partial charge in [-0.2, -0.15) is 0 Å². The van der Waals surface area contributed by atoms with Crippen LogP contribution in [0.25, 0.3) is 0 Å². The van der Waals surface area contributed by atoms with Crippen molar-refractivity contribution in [3.8, 4) is 0 Å². The lowest BCUT2D eigenvalue weighted by Gasteiger charge is -2.23. The number of hydrogen-bond donors (Lipinski definition) is 1. The molecule has 1 fully saturated rings. The molecule has 0 bridgehead atoms. The maximum absolute atomic E-state index is 10.2. The van der Waals surface area contributed by atoms with Crippen molar-refractivity contribution in [3.63, 3.8) is 0 Å². The first-order chi connectivity index (χ1) is 7.70. The molecule has 88 valence electrons. The van der Waals surface area contributed by atoms with E-state index in [4.69, 9.17) is 0 Å². The lowest BCUT2D eigenvalue weighted by atomic mass is 9.85. The summed E-state index contributed by atoms with van der Waals surface area (Å²) in [6.45, 7) is 4.34. The van der Waals surface area contributed by atoms with Crippen LogP contribution in [0.4, 0.5) is 0 Å². The Labute approximate surface area is 98.5 Å². The van der Waals surface area contributed by atoms with Gasteiger partial charge in [0.25, 0.3) is 0 Å². The lowest BCUT2D eigenvalue weighted by molar-refractivity contribution is 0.135. The Kier molecular flexibility index (Phi) is 3.65. The predicted octanol–water partition coefficient (Wildman–Crippen LogP) is 3.71. The fraction of sp³-hybridized carbons (Fsp3) is 0.600. The molecule has 0 aliphatic heterocycles. The summed E-state index contributed by atoms with van der Waals surface area (Å²) < 4.78 is 0. The topological polar surface area (TPSA) is 20.2 Å². The van der Waals surface area contributed by atoms with Gasteiger partial charge in [0, 0.05) is 5.92 Å². The number of aryl methyl sites for hydroxylation is 1. The van der Waals surface area contributed by atoms with Gasteiger partial charge in [-0.15, -0.1) is 0 Å². The van der Waals surface area contributed by atoms with Crippen LogP contribution in [0.15, 0.2) is 18.2 Å². The summed E-state index contributed by atoms with van der Waals surface area (Å²) in [7, 11) is 0. The van der Waals surface area contributed by atoms with E-state index in [1.54, 1.807) is 0 Å². The Morgan fingerprint density at radius 3 is 2.62 bits per heavy atom. The van der Waals surface area contributed by atoms with E-state index in [1.807, 2.05) is 0 Å². The molecular formula is C15H22O. The van der Waals surface area contributed by atoms with E-state index < -0.39 is 0 Å². The van der Waals surface area contributed by atoms with Gasteiger partial charge >= 0.3 is 0 Å². The second kappa shape index (κ2) is 5.01. The van der Waals surface area contributed by atoms with E-state index >= 15 is 0 Å². The van der Waals surface area contributed by atoms with Crippen LogP contribution in [-0.2, 0) is 0 Å². The number of hydrogen-bond acceptors (Lipinski definition) is 1. The van der Waals surface area contributed by atoms with Gasteiger partial charge in [-0.3, -0.25) is 0 Å². The zero-order chi connectivity index (χ0) is 11.5. The van der Waals surface area contributed by atoms with Gasteiger partial charge in [0.15, 0.2) is 0 Å². The van der Waals surface area contributed by atoms with Crippen LogP contribution in [0.1, 0.15) is 54.7 Å². The van der Waals surface area contributed by atoms with Crippen molar-refractivity contribution >= 4 is 0 Å². The van der Waals surface area contributed by atoms with Crippen LogP contribution in [0.3, 0.4) is 0 Å². The van der Waals surface area contributed by atoms with Crippen molar-refractivity contribution in [2.45, 2.75) is 58.0 Å². The monoisotopic (exact) mass is 218 g/mol. The summed E-state index contributed by atoms with van der Waals surface area (Å²) in [6, 6.07) is 6.47. The van der Waals surface area contributed by atoms with Gasteiger partial charge in [0.1, 0.15) is 0 Å². The molecule has 0 radical (unpaired) electrons. The molecule has 1 aromatic rings. The van der Waals surface area contributed by atoms with Crippen molar-refractivity contribution < 1.29 is 5.11 Å². The summed E-state index contributed by atoms with van der Waals surface area (Å²) in [4.78, 5) is 0. The molecular weight excluding hydrogens is 196 g/mol. The predicted molar refractivity (Wildman–Crippen MR) is 67.7 cm³/mol. The second-order valence-corrected chi connectivity index (χ2v) is 5.10. The molecule has 2 atom stereocenters. The molecule has 1 aliphatic rings. The Bertz CT molecular complexity index is 356. The Hall–Kier alpha value is -0.820. The van der Waals surface area contributed by atoms with Crippen LogP contribution < -0.4 is 0 Å². The summed E-state index contributed by atoms with van der Waals surface area (Å²) in [5.74, 6) is 0.363. The van der Waals surface area contributed by atoms with E-state index in [2.05, 4.69) is 32.0 Å². The minimum Gasteiger partial charge on any atom is -0.392 e. The van der Waals surface area contributed by atoms with Crippen LogP contribution in [-0.4, -0.2) is 11.2 Å². The maximum Gasteiger partial charge on any atom is 0.0608 e. The highest BCUT2D eigenvalue weighted by atomic mass is 16.3. The molecule has 1 aromatic carbocycles. The normalized spacial score (nSPS) is 26.4. The second-order valence-electron chi connectivity index (χ2n) is 5.10. The van der Waals surface area contributed by atoms with Crippen molar-refractivity contribution in [3.05, 3.63) is 34.9 Å². The Balaban J connectivity index is 2.30. The molecule has 1 saturated carbocycles. The smallest absolute Gasteiger partial charge is 0.0608 e. The average molecular weight is 218 g/mol. The standard InChI is InChI=1S/C15H22O/c1-11-7-6-9-13(12(11)2)14-8-4-3-5-10-15(14)16/h6-7,9,14-16H,3-5,8,10H2,1-2H3. The summed E-state index contributed by atoms with van der Waals surface area (Å²) in [5.41, 5.74) is 4.08. The lowest BCUT2D eigenvalue weighted by Crippen LogP contribution is -2.18. The highest BCUT2D eigenvalue weighted by Crippen LogP contribution is 2.34. The average Bonchev–Trinajstić information content (AvgIpc) is 2.47. The SMILES string of the molecule is Cc1cccc(C2CCCCCC2O)c1C. The molecule has 1 nitrogen and oxygen atoms in total. The van der Waals surface area contributed by atoms with Crippen molar-refractivity contribution in [1.29, 1.82) is 0 Å². The van der Waals surface area contributed by atoms with E-state index in [9.17, 15) is 5.11 Å². The molecule has 1 aliphatic carbocycles. The van der Waals surface area contributed by atoms with Gasteiger partial charge in [0.05, 0.1) is 6.10 Å². The third kappa shape index (κ3) is 2.30. The maximum atomic E-state index is 10.2. The number of aliphatic hydroxyl groups is 1. The van der Waals surface area contributed by atoms with Crippen LogP contribution >= 0.6 is 0 Å². The first-order valence-corrected chi connectivity index (χ1v) is 6.44. The minimum absolute atomic E-state index is 0.136. The van der Waals surface area contributed by atoms with Gasteiger partial charge in [0.2, 0.25) is 0 Å². The fourth-order valence-electron chi connectivity index (χ4n) is 2.83. The van der Waals surface area contributed by atoms with Crippen molar-refractivity contribution in [2.75, 3.05) is 0 Å². The number of rotatable bonds is 1. The molecule has 0 spiro atoms. The third-order valence-corrected chi connectivity index (χ3v) is 4.03. The van der Waals surface area contributed by atoms with E-state index in [0.717, 1.165) is 12.8 Å². The molecule has 0 saturated heterocycles. The highest BCUT2D eigenvalue weighted by molar-refractivity contribution is 5.36. The van der Waals surface area contributed by atoms with Crippen LogP contribution in [0.2, 0.25) is 0 Å². The van der Waals surface area contributed by atoms with Gasteiger partial charge in [-0.05, 0) is 43.4 Å². The first-order valence-electron chi connectivity index (χ1n) is 6.44. The third-order valence-electron chi connectivity index (χ3n) is 4.03. The molecule has 0 heterocycles.